The van der Waals surface area contributed by atoms with Gasteiger partial charge in [0.05, 0.1) is 10.8 Å². The number of fused-ring (bicyclic) bond motifs is 1. The van der Waals surface area contributed by atoms with Crippen LogP contribution >= 0.6 is 0 Å². The first-order valence-corrected chi connectivity index (χ1v) is 8.76. The van der Waals surface area contributed by atoms with Crippen LogP contribution in [0.25, 0.3) is 10.8 Å². The number of rotatable bonds is 5. The summed E-state index contributed by atoms with van der Waals surface area (Å²) in [5, 5.41) is 2.81. The van der Waals surface area contributed by atoms with Gasteiger partial charge in [0.15, 0.2) is 6.61 Å². The summed E-state index contributed by atoms with van der Waals surface area (Å²) < 4.78 is 5.93. The minimum Gasteiger partial charge on any atom is -0.456 e. The van der Waals surface area contributed by atoms with E-state index >= 15 is 0 Å². The number of nitrogens with zero attached hydrogens (tertiary/aromatic N) is 1. The van der Waals surface area contributed by atoms with Crippen molar-refractivity contribution in [1.82, 2.24) is 9.78 Å². The average molecular weight is 380 g/mol. The highest BCUT2D eigenvalue weighted by atomic mass is 16.5. The molecule has 1 heterocycles. The summed E-state index contributed by atoms with van der Waals surface area (Å²) in [6.07, 6.45) is 0. The zero-order chi connectivity index (χ0) is 20.4. The first kappa shape index (κ1) is 19.3. The number of carbonyl (C=O) groups excluding carboxylic acids is 2. The Morgan fingerprint density at radius 3 is 2.25 bits per heavy atom. The Bertz CT molecular complexity index is 1180. The molecule has 0 fully saturated rings. The van der Waals surface area contributed by atoms with Crippen molar-refractivity contribution in [3.8, 4) is 0 Å². The number of Topliss-reactive ketones (excluding diaryl/α,β-unsaturated/α-hetero) is 1. The van der Waals surface area contributed by atoms with Crippen LogP contribution in [0.5, 0.6) is 0 Å². The number of ketones is 1. The molecule has 0 aliphatic rings. The molecule has 0 spiro atoms. The first-order valence-electron chi connectivity index (χ1n) is 8.76. The highest BCUT2D eigenvalue weighted by Crippen LogP contribution is 2.17. The van der Waals surface area contributed by atoms with Crippen LogP contribution in [0.2, 0.25) is 0 Å². The Balaban J connectivity index is 1.74. The van der Waals surface area contributed by atoms with E-state index in [4.69, 9.17) is 4.74 Å². The highest BCUT2D eigenvalue weighted by molar-refractivity contribution is 6.00. The number of hydrogen-bond donors (Lipinski definition) is 1. The van der Waals surface area contributed by atoms with Crippen molar-refractivity contribution in [3.63, 3.8) is 0 Å². The lowest BCUT2D eigenvalue weighted by atomic mass is 9.97. The molecule has 0 saturated carbocycles. The SMILES string of the molecule is Cc1cc(C)c(C(=O)COC(=O)Cn2[nH]c(=O)c3ccccc3c2=O)c(C)c1. The largest absolute Gasteiger partial charge is 0.456 e. The Kier molecular flexibility index (Phi) is 5.26. The lowest BCUT2D eigenvalue weighted by Crippen LogP contribution is -2.33. The van der Waals surface area contributed by atoms with Gasteiger partial charge in [-0.1, -0.05) is 29.8 Å². The fraction of sp³-hybridized carbons (Fsp3) is 0.238. The molecular formula is C21H20N2O5. The van der Waals surface area contributed by atoms with Crippen LogP contribution < -0.4 is 11.1 Å². The number of hydrogen-bond acceptors (Lipinski definition) is 5. The number of aromatic amines is 1. The second-order valence-electron chi connectivity index (χ2n) is 6.74. The predicted octanol–water partition coefficient (Wildman–Crippen LogP) is 2.04. The van der Waals surface area contributed by atoms with Crippen LogP contribution in [-0.2, 0) is 16.1 Å². The Hall–Kier alpha value is -3.48. The van der Waals surface area contributed by atoms with Crippen molar-refractivity contribution in [1.29, 1.82) is 0 Å². The number of aromatic nitrogens is 2. The third-order valence-electron chi connectivity index (χ3n) is 4.49. The summed E-state index contributed by atoms with van der Waals surface area (Å²) in [6, 6.07) is 10.1. The monoisotopic (exact) mass is 380 g/mol. The smallest absolute Gasteiger partial charge is 0.328 e. The molecule has 3 aromatic rings. The van der Waals surface area contributed by atoms with Gasteiger partial charge >= 0.3 is 5.97 Å². The van der Waals surface area contributed by atoms with Crippen molar-refractivity contribution >= 4 is 22.5 Å². The van der Waals surface area contributed by atoms with E-state index in [2.05, 4.69) is 5.10 Å². The third kappa shape index (κ3) is 3.78. The molecule has 1 aromatic heterocycles. The zero-order valence-electron chi connectivity index (χ0n) is 15.9. The fourth-order valence-corrected chi connectivity index (χ4v) is 3.37. The van der Waals surface area contributed by atoms with Crippen LogP contribution in [0, 0.1) is 20.8 Å². The van der Waals surface area contributed by atoms with Gasteiger partial charge in [0.25, 0.3) is 11.1 Å². The quantitative estimate of drug-likeness (QED) is 0.540. The van der Waals surface area contributed by atoms with E-state index in [9.17, 15) is 19.2 Å². The molecule has 7 heteroatoms. The molecular weight excluding hydrogens is 360 g/mol. The van der Waals surface area contributed by atoms with E-state index in [0.29, 0.717) is 5.56 Å². The molecule has 0 atom stereocenters. The molecule has 0 aliphatic heterocycles. The number of nitrogens with one attached hydrogen (secondary N) is 1. The molecule has 144 valence electrons. The minimum absolute atomic E-state index is 0.209. The standard InChI is InChI=1S/C21H20N2O5/c1-12-8-13(2)19(14(3)9-12)17(24)11-28-18(25)10-23-21(27)16-7-5-4-6-15(16)20(26)22-23/h4-9H,10-11H2,1-3H3,(H,22,26). The number of esters is 1. The molecule has 0 radical (unpaired) electrons. The van der Waals surface area contributed by atoms with Crippen molar-refractivity contribution in [2.24, 2.45) is 0 Å². The third-order valence-corrected chi connectivity index (χ3v) is 4.49. The number of carbonyl (C=O) groups is 2. The summed E-state index contributed by atoms with van der Waals surface area (Å²) in [6.45, 7) is 4.67. The number of aryl methyl sites for hydroxylation is 3. The lowest BCUT2D eigenvalue weighted by molar-refractivity contribution is -0.143. The highest BCUT2D eigenvalue weighted by Gasteiger charge is 2.16. The molecule has 7 nitrogen and oxygen atoms in total. The lowest BCUT2D eigenvalue weighted by Gasteiger charge is -2.11. The van der Waals surface area contributed by atoms with E-state index in [-0.39, 0.29) is 16.6 Å². The minimum atomic E-state index is -0.788. The fourth-order valence-electron chi connectivity index (χ4n) is 3.37. The van der Waals surface area contributed by atoms with E-state index < -0.39 is 30.2 Å². The number of H-pyrrole nitrogens is 1. The molecule has 28 heavy (non-hydrogen) atoms. The van der Waals surface area contributed by atoms with Gasteiger partial charge in [0.2, 0.25) is 5.78 Å². The normalized spacial score (nSPS) is 10.8. The van der Waals surface area contributed by atoms with Crippen LogP contribution in [0.4, 0.5) is 0 Å². The molecule has 0 amide bonds. The van der Waals surface area contributed by atoms with Crippen LogP contribution in [0.3, 0.4) is 0 Å². The molecule has 0 unspecified atom stereocenters. The van der Waals surface area contributed by atoms with Crippen molar-refractivity contribution < 1.29 is 14.3 Å². The predicted molar refractivity (Wildman–Crippen MR) is 105 cm³/mol. The summed E-state index contributed by atoms with van der Waals surface area (Å²) in [5.74, 6) is -1.11. The van der Waals surface area contributed by atoms with Gasteiger partial charge in [-0.2, -0.15) is 0 Å². The summed E-state index contributed by atoms with van der Waals surface area (Å²) in [7, 11) is 0. The summed E-state index contributed by atoms with van der Waals surface area (Å²) in [4.78, 5) is 49.0. The molecule has 0 saturated heterocycles. The second-order valence-corrected chi connectivity index (χ2v) is 6.74. The Labute approximate surface area is 160 Å². The van der Waals surface area contributed by atoms with Crippen LogP contribution in [0.15, 0.2) is 46.0 Å². The number of benzene rings is 2. The van der Waals surface area contributed by atoms with Gasteiger partial charge < -0.3 is 4.74 Å². The Morgan fingerprint density at radius 2 is 1.61 bits per heavy atom. The molecule has 3 rings (SSSR count). The summed E-state index contributed by atoms with van der Waals surface area (Å²) in [5.41, 5.74) is 2.20. The van der Waals surface area contributed by atoms with Crippen LogP contribution in [0.1, 0.15) is 27.0 Å². The van der Waals surface area contributed by atoms with Gasteiger partial charge in [-0.15, -0.1) is 0 Å². The first-order chi connectivity index (χ1) is 13.3. The maximum absolute atomic E-state index is 12.4. The van der Waals surface area contributed by atoms with E-state index in [1.54, 1.807) is 12.1 Å². The van der Waals surface area contributed by atoms with E-state index in [0.717, 1.165) is 21.4 Å². The van der Waals surface area contributed by atoms with Gasteiger partial charge in [-0.25, -0.2) is 4.68 Å². The maximum Gasteiger partial charge on any atom is 0.328 e. The van der Waals surface area contributed by atoms with Gasteiger partial charge in [-0.3, -0.25) is 24.3 Å². The van der Waals surface area contributed by atoms with E-state index in [1.165, 1.54) is 12.1 Å². The summed E-state index contributed by atoms with van der Waals surface area (Å²) >= 11 is 0. The van der Waals surface area contributed by atoms with Crippen LogP contribution in [-0.4, -0.2) is 28.1 Å². The zero-order valence-corrected chi connectivity index (χ0v) is 15.9. The van der Waals surface area contributed by atoms with Gasteiger partial charge in [0.1, 0.15) is 6.54 Å². The number of ether oxygens (including phenoxy) is 1. The maximum atomic E-state index is 12.4. The molecule has 2 aromatic carbocycles. The van der Waals surface area contributed by atoms with Crippen molar-refractivity contribution in [2.45, 2.75) is 27.3 Å². The molecule has 1 N–H and O–H groups in total. The Morgan fingerprint density at radius 1 is 1.00 bits per heavy atom. The van der Waals surface area contributed by atoms with E-state index in [1.807, 2.05) is 32.9 Å². The van der Waals surface area contributed by atoms with Gasteiger partial charge in [-0.05, 0) is 44.0 Å². The second kappa shape index (κ2) is 7.64. The van der Waals surface area contributed by atoms with Gasteiger partial charge in [0, 0.05) is 5.56 Å². The van der Waals surface area contributed by atoms with Crippen molar-refractivity contribution in [2.75, 3.05) is 6.61 Å². The average Bonchev–Trinajstić information content (AvgIpc) is 2.63. The molecule has 0 bridgehead atoms. The topological polar surface area (TPSA) is 98.2 Å². The molecule has 0 aliphatic carbocycles. The van der Waals surface area contributed by atoms with Crippen molar-refractivity contribution in [3.05, 3.63) is 79.4 Å².